The van der Waals surface area contributed by atoms with E-state index in [9.17, 15) is 0 Å². The summed E-state index contributed by atoms with van der Waals surface area (Å²) in [5.41, 5.74) is 17.0. The van der Waals surface area contributed by atoms with E-state index in [1.165, 1.54) is 92.1 Å². The van der Waals surface area contributed by atoms with Crippen LogP contribution in [0.15, 0.2) is 231 Å². The van der Waals surface area contributed by atoms with Crippen LogP contribution in [0.1, 0.15) is 23.6 Å². The molecule has 0 saturated heterocycles. The Balaban J connectivity index is 0.981. The molecule has 1 atom stereocenters. The fourth-order valence-electron chi connectivity index (χ4n) is 10.1. The van der Waals surface area contributed by atoms with Gasteiger partial charge in [-0.25, -0.2) is 0 Å². The lowest BCUT2D eigenvalue weighted by atomic mass is 9.74. The molecule has 11 aromatic rings. The van der Waals surface area contributed by atoms with E-state index in [0.29, 0.717) is 0 Å². The van der Waals surface area contributed by atoms with Gasteiger partial charge in [0.1, 0.15) is 0 Å². The van der Waals surface area contributed by atoms with Gasteiger partial charge in [0, 0.05) is 42.5 Å². The largest absolute Gasteiger partial charge is 0.310 e. The fraction of sp³-hybridized carbons (Fsp3) is 0.0333. The molecule has 12 rings (SSSR count). The minimum absolute atomic E-state index is 0.250. The van der Waals surface area contributed by atoms with Crippen molar-refractivity contribution in [3.05, 3.63) is 247 Å². The van der Waals surface area contributed by atoms with E-state index in [-0.39, 0.29) is 5.41 Å². The standard InChI is InChI=1S/C60H41NS/c1-60(44-17-3-2-4-18-44)55-26-10-7-20-50(55)51-38-33-43(39-56(51)60)40-29-34-45(35-30-40)61(57-27-11-8-21-52(57)49-24-13-16-41-15-5-6-19-47(41)49)46-36-31-42(32-37-46)48-23-14-25-54-53-22-9-12-28-58(53)62-59(48)54/h2-39H,1H3. The number of hydrogen-bond donors (Lipinski definition) is 0. The summed E-state index contributed by atoms with van der Waals surface area (Å²) in [5, 5.41) is 5.11. The van der Waals surface area contributed by atoms with E-state index in [1.54, 1.807) is 0 Å². The van der Waals surface area contributed by atoms with Crippen LogP contribution in [-0.2, 0) is 5.41 Å². The highest BCUT2D eigenvalue weighted by Crippen LogP contribution is 2.53. The monoisotopic (exact) mass is 807 g/mol. The Bertz CT molecular complexity index is 3470. The highest BCUT2D eigenvalue weighted by Gasteiger charge is 2.40. The molecule has 0 bridgehead atoms. The number of fused-ring (bicyclic) bond motifs is 7. The number of rotatable bonds is 7. The van der Waals surface area contributed by atoms with Crippen LogP contribution in [0.5, 0.6) is 0 Å². The van der Waals surface area contributed by atoms with Crippen LogP contribution in [0, 0.1) is 0 Å². The van der Waals surface area contributed by atoms with Gasteiger partial charge in [-0.15, -0.1) is 11.3 Å². The summed E-state index contributed by atoms with van der Waals surface area (Å²) in [6.45, 7) is 2.39. The first-order chi connectivity index (χ1) is 30.6. The third-order valence-electron chi connectivity index (χ3n) is 13.2. The van der Waals surface area contributed by atoms with Crippen molar-refractivity contribution in [2.75, 3.05) is 4.90 Å². The lowest BCUT2D eigenvalue weighted by Gasteiger charge is -2.29. The maximum atomic E-state index is 2.43. The van der Waals surface area contributed by atoms with E-state index in [1.807, 2.05) is 11.3 Å². The zero-order valence-electron chi connectivity index (χ0n) is 34.3. The lowest BCUT2D eigenvalue weighted by Crippen LogP contribution is -2.22. The first kappa shape index (κ1) is 36.3. The van der Waals surface area contributed by atoms with Gasteiger partial charge < -0.3 is 4.90 Å². The van der Waals surface area contributed by atoms with Gasteiger partial charge in [0.25, 0.3) is 0 Å². The summed E-state index contributed by atoms with van der Waals surface area (Å²) in [7, 11) is 0. The second-order valence-corrected chi connectivity index (χ2v) is 17.6. The molecule has 1 aliphatic rings. The van der Waals surface area contributed by atoms with E-state index in [4.69, 9.17) is 0 Å². The predicted molar refractivity (Wildman–Crippen MR) is 265 cm³/mol. The van der Waals surface area contributed by atoms with Gasteiger partial charge in [0.15, 0.2) is 0 Å². The Morgan fingerprint density at radius 3 is 1.76 bits per heavy atom. The highest BCUT2D eigenvalue weighted by molar-refractivity contribution is 7.26. The topological polar surface area (TPSA) is 3.24 Å². The maximum absolute atomic E-state index is 2.43. The molecular formula is C60H41NS. The molecule has 1 aliphatic carbocycles. The summed E-state index contributed by atoms with van der Waals surface area (Å²) in [6.07, 6.45) is 0. The third-order valence-corrected chi connectivity index (χ3v) is 14.4. The summed E-state index contributed by atoms with van der Waals surface area (Å²) in [5.74, 6) is 0. The third kappa shape index (κ3) is 5.75. The molecule has 0 spiro atoms. The number of thiophene rings is 1. The zero-order chi connectivity index (χ0) is 41.2. The van der Waals surface area contributed by atoms with Crippen molar-refractivity contribution in [1.82, 2.24) is 0 Å². The second-order valence-electron chi connectivity index (χ2n) is 16.6. The Morgan fingerprint density at radius 2 is 0.935 bits per heavy atom. The zero-order valence-corrected chi connectivity index (χ0v) is 35.1. The van der Waals surface area contributed by atoms with Crippen molar-refractivity contribution in [2.45, 2.75) is 12.3 Å². The molecule has 0 saturated carbocycles. The number of nitrogens with zero attached hydrogens (tertiary/aromatic N) is 1. The van der Waals surface area contributed by atoms with Crippen molar-refractivity contribution in [1.29, 1.82) is 0 Å². The van der Waals surface area contributed by atoms with Gasteiger partial charge in [-0.3, -0.25) is 0 Å². The molecule has 1 unspecified atom stereocenters. The van der Waals surface area contributed by atoms with E-state index < -0.39 is 0 Å². The van der Waals surface area contributed by atoms with Crippen LogP contribution in [0.2, 0.25) is 0 Å². The van der Waals surface area contributed by atoms with Crippen LogP contribution in [0.25, 0.3) is 75.5 Å². The van der Waals surface area contributed by atoms with Crippen molar-refractivity contribution < 1.29 is 0 Å². The van der Waals surface area contributed by atoms with Gasteiger partial charge in [0.05, 0.1) is 5.69 Å². The first-order valence-electron chi connectivity index (χ1n) is 21.4. The molecule has 1 aromatic heterocycles. The molecule has 292 valence electrons. The Kier molecular flexibility index (Phi) is 8.55. The van der Waals surface area contributed by atoms with Crippen molar-refractivity contribution >= 4 is 59.3 Å². The maximum Gasteiger partial charge on any atom is 0.0540 e. The van der Waals surface area contributed by atoms with Crippen LogP contribution in [-0.4, -0.2) is 0 Å². The van der Waals surface area contributed by atoms with Crippen LogP contribution < -0.4 is 4.90 Å². The smallest absolute Gasteiger partial charge is 0.0540 e. The molecule has 0 fully saturated rings. The molecule has 62 heavy (non-hydrogen) atoms. The number of para-hydroxylation sites is 1. The minimum atomic E-state index is -0.250. The molecule has 2 heteroatoms. The van der Waals surface area contributed by atoms with Gasteiger partial charge in [-0.1, -0.05) is 188 Å². The molecule has 10 aromatic carbocycles. The Labute approximate surface area is 366 Å². The fourth-order valence-corrected chi connectivity index (χ4v) is 11.3. The van der Waals surface area contributed by atoms with E-state index >= 15 is 0 Å². The second kappa shape index (κ2) is 14.6. The van der Waals surface area contributed by atoms with Crippen molar-refractivity contribution in [3.8, 4) is 44.5 Å². The average Bonchev–Trinajstić information content (AvgIpc) is 3.85. The van der Waals surface area contributed by atoms with Gasteiger partial charge in [-0.05, 0) is 116 Å². The van der Waals surface area contributed by atoms with Crippen LogP contribution in [0.3, 0.4) is 0 Å². The minimum Gasteiger partial charge on any atom is -0.310 e. The van der Waals surface area contributed by atoms with Crippen molar-refractivity contribution in [3.63, 3.8) is 0 Å². The Hall–Kier alpha value is -7.52. The molecule has 0 aliphatic heterocycles. The molecule has 1 heterocycles. The normalized spacial score (nSPS) is 14.3. The van der Waals surface area contributed by atoms with Crippen LogP contribution in [0.4, 0.5) is 17.1 Å². The summed E-state index contributed by atoms with van der Waals surface area (Å²) < 4.78 is 2.65. The SMILES string of the molecule is CC1(c2ccccc2)c2ccccc2-c2ccc(-c3ccc(N(c4ccc(-c5cccc6c5sc5ccccc56)cc4)c4ccccc4-c4cccc5ccccc45)cc3)cc21. The summed E-state index contributed by atoms with van der Waals surface area (Å²) in [4.78, 5) is 2.43. The summed E-state index contributed by atoms with van der Waals surface area (Å²) in [6, 6.07) is 84.9. The number of hydrogen-bond acceptors (Lipinski definition) is 2. The van der Waals surface area contributed by atoms with Crippen LogP contribution >= 0.6 is 11.3 Å². The Morgan fingerprint density at radius 1 is 0.371 bits per heavy atom. The molecule has 0 radical (unpaired) electrons. The molecule has 0 amide bonds. The molecular weight excluding hydrogens is 767 g/mol. The van der Waals surface area contributed by atoms with Crippen molar-refractivity contribution in [2.24, 2.45) is 0 Å². The van der Waals surface area contributed by atoms with E-state index in [2.05, 4.69) is 242 Å². The highest BCUT2D eigenvalue weighted by atomic mass is 32.1. The lowest BCUT2D eigenvalue weighted by molar-refractivity contribution is 0.714. The molecule has 0 N–H and O–H groups in total. The van der Waals surface area contributed by atoms with Gasteiger partial charge in [-0.2, -0.15) is 0 Å². The first-order valence-corrected chi connectivity index (χ1v) is 22.2. The number of anilines is 3. The van der Waals surface area contributed by atoms with E-state index in [0.717, 1.165) is 17.1 Å². The number of benzene rings is 10. The predicted octanol–water partition coefficient (Wildman–Crippen LogP) is 17.0. The van der Waals surface area contributed by atoms with Gasteiger partial charge in [0.2, 0.25) is 0 Å². The molecule has 1 nitrogen and oxygen atoms in total. The van der Waals surface area contributed by atoms with Gasteiger partial charge >= 0.3 is 0 Å². The quantitative estimate of drug-likeness (QED) is 0.155. The average molecular weight is 808 g/mol. The summed E-state index contributed by atoms with van der Waals surface area (Å²) >= 11 is 1.88.